The van der Waals surface area contributed by atoms with Crippen molar-refractivity contribution in [3.8, 4) is 138 Å². The molecule has 0 spiro atoms. The summed E-state index contributed by atoms with van der Waals surface area (Å²) >= 11 is 0. The molecule has 0 amide bonds. The van der Waals surface area contributed by atoms with Gasteiger partial charge in [0, 0.05) is 76.7 Å². The third-order valence-electron chi connectivity index (χ3n) is 17.8. The van der Waals surface area contributed by atoms with Gasteiger partial charge in [0.2, 0.25) is 34.9 Å². The molecule has 2 saturated heterocycles. The first kappa shape index (κ1) is 73.5. The monoisotopic (exact) mass is 1480 g/mol. The molecule has 0 bridgehead atoms. The number of hydrogen-bond donors (Lipinski definition) is 25. The fourth-order valence-electron chi connectivity index (χ4n) is 12.4. The number of aromatic hydroxyl groups is 16. The van der Waals surface area contributed by atoms with E-state index in [9.17, 15) is 137 Å². The maximum absolute atomic E-state index is 13.2. The third kappa shape index (κ3) is 13.7. The first-order chi connectivity index (χ1) is 50.2. The lowest BCUT2D eigenvalue weighted by Gasteiger charge is -2.40. The van der Waals surface area contributed by atoms with Crippen molar-refractivity contribution in [1.82, 2.24) is 0 Å². The Morgan fingerprint density at radius 3 is 1.37 bits per heavy atom. The van der Waals surface area contributed by atoms with Crippen molar-refractivity contribution < 1.29 is 165 Å². The minimum atomic E-state index is -1.85. The SMILES string of the molecule is O=c1c(OC2OC[C@H](O)[C@H](O)[C@H]2O)c(-c2ccc(O)c(O)c2)oc2cc(O)cc(O)c12.O=c1c(OC2O[C@H](CO)[C@H](O)[C@H](O)[C@H]2O)c(-c2ccc(O)c(O)c2)oc2cc(O)cc(O)c12.Oc1cc(O)c2c(c1)O[C@H](c1ccc(O)c(O)c1)[C@H](O)[C@H]2c1c(O)cc(O)c2c1O[C@H](c1ccc(O)c(O)c1)[C@H](O)C2. The van der Waals surface area contributed by atoms with Crippen LogP contribution in [0.3, 0.4) is 0 Å². The van der Waals surface area contributed by atoms with E-state index in [0.717, 1.165) is 60.7 Å². The summed E-state index contributed by atoms with van der Waals surface area (Å²) in [5.74, 6) is -10.9. The Balaban J connectivity index is 0.000000151. The molecule has 35 nitrogen and oxygen atoms in total. The number of aliphatic hydroxyl groups is 9. The summed E-state index contributed by atoms with van der Waals surface area (Å²) in [7, 11) is 0. The molecule has 35 heteroatoms. The average Bonchev–Trinajstić information content (AvgIpc) is 0.736. The Hall–Kier alpha value is -12.3. The molecule has 558 valence electrons. The van der Waals surface area contributed by atoms with Crippen molar-refractivity contribution in [1.29, 1.82) is 0 Å². The average molecular weight is 1480 g/mol. The van der Waals surface area contributed by atoms with Crippen molar-refractivity contribution in [3.05, 3.63) is 164 Å². The van der Waals surface area contributed by atoms with Crippen molar-refractivity contribution in [3.63, 3.8) is 0 Å². The third-order valence-corrected chi connectivity index (χ3v) is 17.8. The number of rotatable bonds is 10. The van der Waals surface area contributed by atoms with Gasteiger partial charge in [-0.1, -0.05) is 12.1 Å². The molecule has 4 aliphatic heterocycles. The number of phenols is 16. The zero-order valence-electron chi connectivity index (χ0n) is 53.9. The fraction of sp³-hybridized carbons (Fsp3) is 0.239. The maximum Gasteiger partial charge on any atom is 0.239 e. The van der Waals surface area contributed by atoms with E-state index in [1.807, 2.05) is 0 Å². The minimum absolute atomic E-state index is 0.0201. The second kappa shape index (κ2) is 28.8. The van der Waals surface area contributed by atoms with Gasteiger partial charge in [0.05, 0.1) is 25.2 Å². The highest BCUT2D eigenvalue weighted by Gasteiger charge is 2.48. The highest BCUT2D eigenvalue weighted by molar-refractivity contribution is 5.90. The smallest absolute Gasteiger partial charge is 0.239 e. The Bertz CT molecular complexity index is 5170. The highest BCUT2D eigenvalue weighted by Crippen LogP contribution is 2.58. The van der Waals surface area contributed by atoms with Crippen LogP contribution in [0.5, 0.6) is 115 Å². The first-order valence-corrected chi connectivity index (χ1v) is 31.5. The van der Waals surface area contributed by atoms with E-state index in [-0.39, 0.29) is 102 Å². The van der Waals surface area contributed by atoms with E-state index in [1.54, 1.807) is 0 Å². The fourth-order valence-corrected chi connectivity index (χ4v) is 12.4. The van der Waals surface area contributed by atoms with Gasteiger partial charge >= 0.3 is 0 Å². The molecule has 2 aromatic heterocycles. The van der Waals surface area contributed by atoms with Gasteiger partial charge in [-0.15, -0.1) is 0 Å². The Morgan fingerprint density at radius 1 is 0.396 bits per heavy atom. The van der Waals surface area contributed by atoms with E-state index in [2.05, 4.69) is 0 Å². The van der Waals surface area contributed by atoms with Crippen LogP contribution in [0, 0.1) is 0 Å². The molecule has 106 heavy (non-hydrogen) atoms. The molecular formula is C71H64O35. The molecule has 14 rings (SSSR count). The minimum Gasteiger partial charge on any atom is -0.508 e. The molecule has 4 aliphatic rings. The van der Waals surface area contributed by atoms with Gasteiger partial charge in [-0.05, 0) is 71.8 Å². The van der Waals surface area contributed by atoms with Crippen LogP contribution >= 0.6 is 0 Å². The number of fused-ring (bicyclic) bond motifs is 4. The topological polar surface area (TPSA) is 622 Å². The van der Waals surface area contributed by atoms with Gasteiger partial charge in [0.15, 0.2) is 63.6 Å². The molecule has 0 radical (unpaired) electrons. The van der Waals surface area contributed by atoms with Gasteiger partial charge < -0.3 is 165 Å². The van der Waals surface area contributed by atoms with Gasteiger partial charge in [-0.3, -0.25) is 9.59 Å². The Morgan fingerprint density at radius 2 is 0.858 bits per heavy atom. The first-order valence-electron chi connectivity index (χ1n) is 31.5. The van der Waals surface area contributed by atoms with E-state index in [4.69, 9.17) is 37.3 Å². The number of ether oxygens (including phenoxy) is 6. The van der Waals surface area contributed by atoms with Crippen molar-refractivity contribution >= 4 is 21.9 Å². The molecule has 0 saturated carbocycles. The normalized spacial score (nSPS) is 23.9. The zero-order chi connectivity index (χ0) is 76.5. The van der Waals surface area contributed by atoms with Crippen LogP contribution in [0.15, 0.2) is 134 Å². The molecule has 2 unspecified atom stereocenters. The Labute approximate surface area is 591 Å². The lowest BCUT2D eigenvalue weighted by Crippen LogP contribution is -2.60. The van der Waals surface area contributed by atoms with E-state index in [0.29, 0.717) is 0 Å². The second-order valence-electron chi connectivity index (χ2n) is 24.8. The van der Waals surface area contributed by atoms with Crippen LogP contribution in [-0.2, 0) is 15.9 Å². The number of benzene rings is 8. The molecule has 6 heterocycles. The molecule has 25 N–H and O–H groups in total. The molecular weight excluding hydrogens is 1410 g/mol. The van der Waals surface area contributed by atoms with Crippen LogP contribution in [0.4, 0.5) is 0 Å². The van der Waals surface area contributed by atoms with Gasteiger partial charge in [-0.25, -0.2) is 0 Å². The Kier molecular flexibility index (Phi) is 19.9. The summed E-state index contributed by atoms with van der Waals surface area (Å²) in [5, 5.41) is 253. The summed E-state index contributed by atoms with van der Waals surface area (Å²) in [6, 6.07) is 21.6. The summed E-state index contributed by atoms with van der Waals surface area (Å²) < 4.78 is 44.9. The highest BCUT2D eigenvalue weighted by atomic mass is 16.7. The van der Waals surface area contributed by atoms with Gasteiger partial charge in [0.1, 0.15) is 134 Å². The van der Waals surface area contributed by atoms with Crippen LogP contribution in [0.1, 0.15) is 45.9 Å². The van der Waals surface area contributed by atoms with Crippen LogP contribution < -0.4 is 29.8 Å². The van der Waals surface area contributed by atoms with Crippen molar-refractivity contribution in [2.75, 3.05) is 13.2 Å². The molecule has 2 fully saturated rings. The summed E-state index contributed by atoms with van der Waals surface area (Å²) in [4.78, 5) is 26.4. The molecule has 0 aliphatic carbocycles. The lowest BCUT2D eigenvalue weighted by molar-refractivity contribution is -0.277. The summed E-state index contributed by atoms with van der Waals surface area (Å²) in [6.07, 6.45) is -20.1. The van der Waals surface area contributed by atoms with Crippen LogP contribution in [0.2, 0.25) is 0 Å². The molecule has 14 atom stereocenters. The van der Waals surface area contributed by atoms with Gasteiger partial charge in [0.25, 0.3) is 0 Å². The summed E-state index contributed by atoms with van der Waals surface area (Å²) in [6.45, 7) is -1.13. The largest absolute Gasteiger partial charge is 0.508 e. The van der Waals surface area contributed by atoms with E-state index in [1.165, 1.54) is 54.6 Å². The predicted molar refractivity (Wildman–Crippen MR) is 355 cm³/mol. The van der Waals surface area contributed by atoms with Crippen LogP contribution in [-0.4, -0.2) is 208 Å². The quantitative estimate of drug-likeness (QED) is 0.0875. The van der Waals surface area contributed by atoms with Crippen molar-refractivity contribution in [2.45, 2.75) is 92.1 Å². The number of hydrogen-bond acceptors (Lipinski definition) is 35. The maximum atomic E-state index is 13.2. The van der Waals surface area contributed by atoms with E-state index >= 15 is 0 Å². The van der Waals surface area contributed by atoms with E-state index < -0.39 is 202 Å². The lowest BCUT2D eigenvalue weighted by atomic mass is 9.77. The van der Waals surface area contributed by atoms with Gasteiger partial charge in [-0.2, -0.15) is 0 Å². The zero-order valence-corrected chi connectivity index (χ0v) is 53.9. The number of phenolic OH excluding ortho intramolecular Hbond substituents is 16. The second-order valence-corrected chi connectivity index (χ2v) is 24.8. The van der Waals surface area contributed by atoms with Crippen molar-refractivity contribution in [2.24, 2.45) is 0 Å². The predicted octanol–water partition coefficient (Wildman–Crippen LogP) is 2.56. The molecule has 10 aromatic rings. The number of aliphatic hydroxyl groups excluding tert-OH is 9. The standard InChI is InChI=1S/C30H26O12.C21H20O12.C20H18O11/c31-13-7-20(37)24-23(8-13)41-29(12-2-4-16(33)19(36)6-12)27(40)26(24)25-21(38)10-17(34)14-9-22(39)28(42-30(14)25)11-1-3-15(32)18(35)5-11;22-6-13-15(27)17(29)18(30)21(32-13)33-20-16(28)14-11(26)4-8(23)5-12(14)31-19(20)7-1-2-9(24)10(25)3-7;21-8-4-11(24)14-13(5-8)30-18(7-1-2-9(22)10(23)3-7)19(16(14)27)31-20-17(28)15(26)12(25)6-29-20/h1-8,10,22,26-29,31-40H,9H2;1-5,13,15,17-18,21-27,29-30H,6H2;1-5,12,15,17,20-26,28H,6H2/t22-,26-,27-,28-,29-;13-,15+,17+,18-,21?;12-,15-,17+,20?/m110/s1. The molecule has 8 aromatic carbocycles. The summed E-state index contributed by atoms with van der Waals surface area (Å²) in [5.41, 5.74) is -1.81. The van der Waals surface area contributed by atoms with Crippen LogP contribution in [0.25, 0.3) is 44.6 Å².